The van der Waals surface area contributed by atoms with Crippen LogP contribution in [-0.4, -0.2) is 43.0 Å². The monoisotopic (exact) mass is 381 g/mol. The van der Waals surface area contributed by atoms with E-state index < -0.39 is 0 Å². The van der Waals surface area contributed by atoms with E-state index in [2.05, 4.69) is 0 Å². The molecule has 0 spiro atoms. The van der Waals surface area contributed by atoms with Crippen molar-refractivity contribution >= 4 is 6.09 Å². The van der Waals surface area contributed by atoms with Crippen molar-refractivity contribution in [3.63, 3.8) is 0 Å². The second-order valence-corrected chi connectivity index (χ2v) is 6.82. The number of methoxy groups -OCH3 is 1. The highest BCUT2D eigenvalue weighted by molar-refractivity contribution is 5.71. The minimum Gasteiger partial charge on any atom is -0.497 e. The van der Waals surface area contributed by atoms with Gasteiger partial charge in [0.2, 0.25) is 0 Å². The lowest BCUT2D eigenvalue weighted by Crippen LogP contribution is -2.45. The topological polar surface area (TPSA) is 57.2 Å². The Morgan fingerprint density at radius 3 is 2.57 bits per heavy atom. The van der Waals surface area contributed by atoms with Crippen molar-refractivity contribution in [2.75, 3.05) is 13.7 Å². The highest BCUT2D eigenvalue weighted by Gasteiger charge is 2.47. The fourth-order valence-electron chi connectivity index (χ4n) is 3.47. The van der Waals surface area contributed by atoms with Crippen LogP contribution < -0.4 is 4.74 Å². The summed E-state index contributed by atoms with van der Waals surface area (Å²) in [5, 5.41) is 0. The van der Waals surface area contributed by atoms with E-state index in [4.69, 9.17) is 18.9 Å². The van der Waals surface area contributed by atoms with Gasteiger partial charge >= 0.3 is 6.09 Å². The van der Waals surface area contributed by atoms with Crippen molar-refractivity contribution in [2.45, 2.75) is 31.4 Å². The third-order valence-electron chi connectivity index (χ3n) is 4.97. The molecule has 0 radical (unpaired) electrons. The van der Waals surface area contributed by atoms with Crippen LogP contribution in [0.4, 0.5) is 4.79 Å². The molecule has 0 bridgehead atoms. The minimum atomic E-state index is -0.378. The van der Waals surface area contributed by atoms with E-state index in [9.17, 15) is 4.79 Å². The summed E-state index contributed by atoms with van der Waals surface area (Å²) >= 11 is 0. The summed E-state index contributed by atoms with van der Waals surface area (Å²) in [6.07, 6.45) is 2.48. The first kappa shape index (κ1) is 18.4. The molecule has 2 aliphatic heterocycles. The number of hydrogen-bond acceptors (Lipinski definition) is 5. The predicted molar refractivity (Wildman–Crippen MR) is 103 cm³/mol. The van der Waals surface area contributed by atoms with Gasteiger partial charge in [0.25, 0.3) is 0 Å². The second kappa shape index (κ2) is 8.35. The number of amides is 1. The average Bonchev–Trinajstić information content (AvgIpc) is 3.05. The van der Waals surface area contributed by atoms with E-state index in [1.807, 2.05) is 60.7 Å². The molecule has 1 amide bonds. The number of benzene rings is 2. The lowest BCUT2D eigenvalue weighted by Gasteiger charge is -2.30. The maximum absolute atomic E-state index is 12.4. The molecular formula is C22H23NO5. The van der Waals surface area contributed by atoms with Crippen molar-refractivity contribution in [1.82, 2.24) is 4.90 Å². The number of nitrogens with zero attached hydrogens (tertiary/aromatic N) is 1. The summed E-state index contributed by atoms with van der Waals surface area (Å²) < 4.78 is 22.3. The van der Waals surface area contributed by atoms with E-state index in [0.717, 1.165) is 16.9 Å². The molecule has 2 heterocycles. The van der Waals surface area contributed by atoms with Gasteiger partial charge in [0.15, 0.2) is 12.2 Å². The standard InChI is InChI=1S/C22H23NO5/c1-25-18-9-7-17(8-10-18)14-26-15-20-21-19(11-12-27-20)23(22(24)28-21)13-16-5-3-2-4-6-16/h2-12,19-21H,13-15H2,1H3/t19-,20+,21-/m0/s1. The fraction of sp³-hybridized carbons (Fsp3) is 0.318. The molecule has 6 heteroatoms. The molecule has 1 fully saturated rings. The minimum absolute atomic E-state index is 0.156. The number of carbonyl (C=O) groups is 1. The fourth-order valence-corrected chi connectivity index (χ4v) is 3.47. The van der Waals surface area contributed by atoms with Gasteiger partial charge in [0.1, 0.15) is 5.75 Å². The lowest BCUT2D eigenvalue weighted by molar-refractivity contribution is -0.0527. The zero-order valence-electron chi connectivity index (χ0n) is 15.7. The zero-order valence-corrected chi connectivity index (χ0v) is 15.7. The third kappa shape index (κ3) is 3.97. The Hall–Kier alpha value is -2.99. The molecule has 0 aromatic heterocycles. The molecule has 0 N–H and O–H groups in total. The molecule has 146 valence electrons. The SMILES string of the molecule is COc1ccc(COC[C@H]2OC=C[C@H]3[C@@H]2OC(=O)N3Cc2ccccc2)cc1. The Morgan fingerprint density at radius 2 is 1.82 bits per heavy atom. The molecule has 3 atom stereocenters. The summed E-state index contributed by atoms with van der Waals surface area (Å²) in [5.41, 5.74) is 2.10. The molecule has 2 aromatic rings. The summed E-state index contributed by atoms with van der Waals surface area (Å²) in [6, 6.07) is 17.4. The van der Waals surface area contributed by atoms with Crippen LogP contribution in [0, 0.1) is 0 Å². The third-order valence-corrected chi connectivity index (χ3v) is 4.97. The van der Waals surface area contributed by atoms with Crippen molar-refractivity contribution in [1.29, 1.82) is 0 Å². The molecule has 0 saturated carbocycles. The van der Waals surface area contributed by atoms with Crippen LogP contribution in [0.5, 0.6) is 5.75 Å². The van der Waals surface area contributed by atoms with Crippen LogP contribution in [-0.2, 0) is 27.4 Å². The molecule has 0 unspecified atom stereocenters. The predicted octanol–water partition coefficient (Wildman–Crippen LogP) is 3.51. The smallest absolute Gasteiger partial charge is 0.411 e. The van der Waals surface area contributed by atoms with Crippen molar-refractivity contribution in [3.05, 3.63) is 78.1 Å². The summed E-state index contributed by atoms with van der Waals surface area (Å²) in [4.78, 5) is 14.1. The first-order chi connectivity index (χ1) is 13.7. The zero-order chi connectivity index (χ0) is 19.3. The molecule has 28 heavy (non-hydrogen) atoms. The van der Waals surface area contributed by atoms with E-state index in [1.54, 1.807) is 18.3 Å². The maximum Gasteiger partial charge on any atom is 0.411 e. The Balaban J connectivity index is 1.35. The van der Waals surface area contributed by atoms with Gasteiger partial charge < -0.3 is 18.9 Å². The van der Waals surface area contributed by atoms with Gasteiger partial charge in [0, 0.05) is 6.54 Å². The van der Waals surface area contributed by atoms with E-state index in [0.29, 0.717) is 19.8 Å². The number of rotatable bonds is 7. The van der Waals surface area contributed by atoms with Crippen LogP contribution in [0.25, 0.3) is 0 Å². The molecule has 4 rings (SSSR count). The molecule has 0 aliphatic carbocycles. The van der Waals surface area contributed by atoms with Crippen molar-refractivity contribution < 1.29 is 23.7 Å². The maximum atomic E-state index is 12.4. The Labute approximate surface area is 164 Å². The quantitative estimate of drug-likeness (QED) is 0.735. The lowest BCUT2D eigenvalue weighted by atomic mass is 10.0. The van der Waals surface area contributed by atoms with Crippen LogP contribution in [0.2, 0.25) is 0 Å². The van der Waals surface area contributed by atoms with Crippen LogP contribution >= 0.6 is 0 Å². The summed E-state index contributed by atoms with van der Waals surface area (Å²) in [6.45, 7) is 1.29. The van der Waals surface area contributed by atoms with Gasteiger partial charge in [-0.3, -0.25) is 4.90 Å². The molecule has 1 saturated heterocycles. The van der Waals surface area contributed by atoms with Gasteiger partial charge in [-0.2, -0.15) is 0 Å². The summed E-state index contributed by atoms with van der Waals surface area (Å²) in [7, 11) is 1.64. The molecule has 2 aliphatic rings. The van der Waals surface area contributed by atoms with E-state index >= 15 is 0 Å². The highest BCUT2D eigenvalue weighted by Crippen LogP contribution is 2.29. The number of ether oxygens (including phenoxy) is 4. The average molecular weight is 381 g/mol. The van der Waals surface area contributed by atoms with Gasteiger partial charge in [-0.15, -0.1) is 0 Å². The van der Waals surface area contributed by atoms with Crippen LogP contribution in [0.1, 0.15) is 11.1 Å². The second-order valence-electron chi connectivity index (χ2n) is 6.82. The largest absolute Gasteiger partial charge is 0.497 e. The Kier molecular flexibility index (Phi) is 5.48. The van der Waals surface area contributed by atoms with Crippen LogP contribution in [0.15, 0.2) is 66.9 Å². The van der Waals surface area contributed by atoms with Crippen molar-refractivity contribution in [3.8, 4) is 5.75 Å². The van der Waals surface area contributed by atoms with Gasteiger partial charge in [-0.05, 0) is 29.3 Å². The number of hydrogen-bond donors (Lipinski definition) is 0. The summed E-state index contributed by atoms with van der Waals surface area (Å²) in [5.74, 6) is 0.809. The van der Waals surface area contributed by atoms with E-state index in [1.165, 1.54) is 0 Å². The Bertz CT molecular complexity index is 821. The molecule has 2 aromatic carbocycles. The highest BCUT2D eigenvalue weighted by atomic mass is 16.6. The van der Waals surface area contributed by atoms with E-state index in [-0.39, 0.29) is 24.3 Å². The van der Waals surface area contributed by atoms with Crippen LogP contribution in [0.3, 0.4) is 0 Å². The van der Waals surface area contributed by atoms with Gasteiger partial charge in [-0.1, -0.05) is 42.5 Å². The first-order valence-corrected chi connectivity index (χ1v) is 9.28. The van der Waals surface area contributed by atoms with Crippen molar-refractivity contribution in [2.24, 2.45) is 0 Å². The number of fused-ring (bicyclic) bond motifs is 1. The number of carbonyl (C=O) groups excluding carboxylic acids is 1. The van der Waals surface area contributed by atoms with Gasteiger partial charge in [-0.25, -0.2) is 4.79 Å². The molecular weight excluding hydrogens is 358 g/mol. The van der Waals surface area contributed by atoms with Gasteiger partial charge in [0.05, 0.1) is 32.6 Å². The first-order valence-electron chi connectivity index (χ1n) is 9.28. The Morgan fingerprint density at radius 1 is 1.04 bits per heavy atom. The molecule has 6 nitrogen and oxygen atoms in total. The normalized spacial score (nSPS) is 23.1.